The van der Waals surface area contributed by atoms with E-state index < -0.39 is 6.04 Å². The zero-order valence-corrected chi connectivity index (χ0v) is 18.0. The van der Waals surface area contributed by atoms with E-state index in [-0.39, 0.29) is 30.9 Å². The van der Waals surface area contributed by atoms with Gasteiger partial charge in [0.1, 0.15) is 0 Å². The van der Waals surface area contributed by atoms with Gasteiger partial charge in [0, 0.05) is 23.6 Å². The zero-order valence-electron chi connectivity index (χ0n) is 17.2. The van der Waals surface area contributed by atoms with E-state index in [2.05, 4.69) is 16.0 Å². The molecule has 0 bridgehead atoms. The third-order valence-corrected chi connectivity index (χ3v) is 5.72. The molecule has 3 aromatic rings. The van der Waals surface area contributed by atoms with Crippen LogP contribution in [0.2, 0.25) is 0 Å². The molecule has 0 saturated carbocycles. The maximum absolute atomic E-state index is 12.9. The molecule has 1 aliphatic rings. The Labute approximate surface area is 188 Å². The predicted molar refractivity (Wildman–Crippen MR) is 121 cm³/mol. The standard InChI is InChI=1S/C23H21N3O5S/c1-14(27)24-18(21-7-4-10-32-21)12-22(28)26-17-6-3-2-5-16(17)23(29)25-15-8-9-19-20(11-15)31-13-30-19/h2-11,18H,12-13H2,1H3,(H,24,27)(H,25,29)(H,26,28). The van der Waals surface area contributed by atoms with Crippen molar-refractivity contribution in [3.8, 4) is 11.5 Å². The minimum Gasteiger partial charge on any atom is -0.454 e. The first-order valence-electron chi connectivity index (χ1n) is 9.90. The number of amides is 3. The van der Waals surface area contributed by atoms with Crippen LogP contribution in [0.4, 0.5) is 11.4 Å². The highest BCUT2D eigenvalue weighted by molar-refractivity contribution is 7.10. The quantitative estimate of drug-likeness (QED) is 0.505. The molecule has 2 heterocycles. The van der Waals surface area contributed by atoms with E-state index in [4.69, 9.17) is 9.47 Å². The van der Waals surface area contributed by atoms with Crippen LogP contribution in [0, 0.1) is 0 Å². The van der Waals surface area contributed by atoms with Crippen LogP contribution in [0.3, 0.4) is 0 Å². The number of fused-ring (bicyclic) bond motifs is 1. The normalized spacial score (nSPS) is 12.7. The predicted octanol–water partition coefficient (Wildman–Crippen LogP) is 3.94. The number of para-hydroxylation sites is 1. The number of nitrogens with one attached hydrogen (secondary N) is 3. The van der Waals surface area contributed by atoms with Crippen LogP contribution in [-0.4, -0.2) is 24.5 Å². The fraction of sp³-hybridized carbons (Fsp3) is 0.174. The molecule has 32 heavy (non-hydrogen) atoms. The summed E-state index contributed by atoms with van der Waals surface area (Å²) in [5.41, 5.74) is 1.23. The minimum absolute atomic E-state index is 0.0399. The van der Waals surface area contributed by atoms with Gasteiger partial charge in [0.25, 0.3) is 5.91 Å². The molecular weight excluding hydrogens is 430 g/mol. The van der Waals surface area contributed by atoms with E-state index in [0.29, 0.717) is 28.4 Å². The van der Waals surface area contributed by atoms with Crippen molar-refractivity contribution in [3.05, 3.63) is 70.4 Å². The van der Waals surface area contributed by atoms with E-state index in [0.717, 1.165) is 4.88 Å². The Kier molecular flexibility index (Phi) is 6.37. The van der Waals surface area contributed by atoms with E-state index >= 15 is 0 Å². The fourth-order valence-electron chi connectivity index (χ4n) is 3.31. The Bertz CT molecular complexity index is 1150. The number of ether oxygens (including phenoxy) is 2. The van der Waals surface area contributed by atoms with E-state index in [1.807, 2.05) is 17.5 Å². The highest BCUT2D eigenvalue weighted by atomic mass is 32.1. The number of anilines is 2. The van der Waals surface area contributed by atoms with Crippen molar-refractivity contribution in [1.82, 2.24) is 5.32 Å². The van der Waals surface area contributed by atoms with Crippen LogP contribution in [0.15, 0.2) is 60.0 Å². The Morgan fingerprint density at radius 2 is 1.81 bits per heavy atom. The Morgan fingerprint density at radius 1 is 1.00 bits per heavy atom. The van der Waals surface area contributed by atoms with E-state index in [9.17, 15) is 14.4 Å². The van der Waals surface area contributed by atoms with Crippen molar-refractivity contribution < 1.29 is 23.9 Å². The molecule has 0 fully saturated rings. The van der Waals surface area contributed by atoms with Gasteiger partial charge in [-0.25, -0.2) is 0 Å². The topological polar surface area (TPSA) is 106 Å². The van der Waals surface area contributed by atoms with Gasteiger partial charge in [-0.2, -0.15) is 0 Å². The molecule has 3 amide bonds. The minimum atomic E-state index is -0.442. The lowest BCUT2D eigenvalue weighted by Crippen LogP contribution is -2.29. The molecule has 4 rings (SSSR count). The summed E-state index contributed by atoms with van der Waals surface area (Å²) in [6.45, 7) is 1.56. The summed E-state index contributed by atoms with van der Waals surface area (Å²) in [4.78, 5) is 38.1. The summed E-state index contributed by atoms with van der Waals surface area (Å²) in [6.07, 6.45) is 0.0399. The number of hydrogen-bond donors (Lipinski definition) is 3. The van der Waals surface area contributed by atoms with Crippen LogP contribution in [0.1, 0.15) is 34.6 Å². The average Bonchev–Trinajstić information content (AvgIpc) is 3.45. The third-order valence-electron chi connectivity index (χ3n) is 4.73. The first-order chi connectivity index (χ1) is 15.5. The number of rotatable bonds is 7. The number of carbonyl (C=O) groups excluding carboxylic acids is 3. The second-order valence-corrected chi connectivity index (χ2v) is 8.07. The summed E-state index contributed by atoms with van der Waals surface area (Å²) in [7, 11) is 0. The Hall–Kier alpha value is -3.85. The van der Waals surface area contributed by atoms with Crippen molar-refractivity contribution in [3.63, 3.8) is 0 Å². The van der Waals surface area contributed by atoms with Gasteiger partial charge in [-0.15, -0.1) is 11.3 Å². The highest BCUT2D eigenvalue weighted by Gasteiger charge is 2.20. The van der Waals surface area contributed by atoms with Gasteiger partial charge in [-0.1, -0.05) is 18.2 Å². The second kappa shape index (κ2) is 9.52. The number of carbonyl (C=O) groups is 3. The number of thiophene rings is 1. The largest absolute Gasteiger partial charge is 0.454 e. The first-order valence-corrected chi connectivity index (χ1v) is 10.8. The van der Waals surface area contributed by atoms with Crippen molar-refractivity contribution in [2.24, 2.45) is 0 Å². The first kappa shape index (κ1) is 21.4. The van der Waals surface area contributed by atoms with E-state index in [1.54, 1.807) is 42.5 Å². The molecule has 164 valence electrons. The second-order valence-electron chi connectivity index (χ2n) is 7.09. The van der Waals surface area contributed by atoms with Gasteiger partial charge in [0.15, 0.2) is 11.5 Å². The van der Waals surface area contributed by atoms with Gasteiger partial charge in [0.2, 0.25) is 18.6 Å². The van der Waals surface area contributed by atoms with Gasteiger partial charge < -0.3 is 25.4 Å². The maximum atomic E-state index is 12.9. The lowest BCUT2D eigenvalue weighted by Gasteiger charge is -2.17. The molecule has 0 aliphatic carbocycles. The average molecular weight is 452 g/mol. The van der Waals surface area contributed by atoms with Gasteiger partial charge in [-0.3, -0.25) is 14.4 Å². The molecule has 0 radical (unpaired) electrons. The van der Waals surface area contributed by atoms with Crippen LogP contribution in [0.25, 0.3) is 0 Å². The van der Waals surface area contributed by atoms with Crippen molar-refractivity contribution in [2.75, 3.05) is 17.4 Å². The Balaban J connectivity index is 1.46. The smallest absolute Gasteiger partial charge is 0.257 e. The molecule has 1 atom stereocenters. The molecule has 0 saturated heterocycles. The Morgan fingerprint density at radius 3 is 2.59 bits per heavy atom. The molecule has 1 aromatic heterocycles. The van der Waals surface area contributed by atoms with Crippen molar-refractivity contribution >= 4 is 40.4 Å². The molecule has 1 aliphatic heterocycles. The lowest BCUT2D eigenvalue weighted by atomic mass is 10.1. The summed E-state index contributed by atoms with van der Waals surface area (Å²) < 4.78 is 10.6. The number of benzene rings is 2. The molecule has 2 aromatic carbocycles. The zero-order chi connectivity index (χ0) is 22.5. The fourth-order valence-corrected chi connectivity index (χ4v) is 4.09. The molecule has 0 spiro atoms. The lowest BCUT2D eigenvalue weighted by molar-refractivity contribution is -0.120. The summed E-state index contributed by atoms with van der Waals surface area (Å²) >= 11 is 1.46. The van der Waals surface area contributed by atoms with Crippen molar-refractivity contribution in [1.29, 1.82) is 0 Å². The summed E-state index contributed by atoms with van der Waals surface area (Å²) in [5, 5.41) is 10.3. The van der Waals surface area contributed by atoms with Gasteiger partial charge in [0.05, 0.1) is 23.7 Å². The summed E-state index contributed by atoms with van der Waals surface area (Å²) in [5.74, 6) is 0.258. The van der Waals surface area contributed by atoms with Crippen molar-refractivity contribution in [2.45, 2.75) is 19.4 Å². The third kappa shape index (κ3) is 5.06. The van der Waals surface area contributed by atoms with E-state index in [1.165, 1.54) is 18.3 Å². The van der Waals surface area contributed by atoms with Gasteiger partial charge >= 0.3 is 0 Å². The van der Waals surface area contributed by atoms with Crippen LogP contribution in [-0.2, 0) is 9.59 Å². The van der Waals surface area contributed by atoms with Crippen LogP contribution < -0.4 is 25.4 Å². The molecule has 3 N–H and O–H groups in total. The maximum Gasteiger partial charge on any atom is 0.257 e. The molecular formula is C23H21N3O5S. The SMILES string of the molecule is CC(=O)NC(CC(=O)Nc1ccccc1C(=O)Nc1ccc2c(c1)OCO2)c1cccs1. The molecule has 1 unspecified atom stereocenters. The highest BCUT2D eigenvalue weighted by Crippen LogP contribution is 2.34. The monoisotopic (exact) mass is 451 g/mol. The van der Waals surface area contributed by atoms with Crippen LogP contribution >= 0.6 is 11.3 Å². The molecule has 8 nitrogen and oxygen atoms in total. The molecule has 9 heteroatoms. The summed E-state index contributed by atoms with van der Waals surface area (Å²) in [6, 6.07) is 15.1. The van der Waals surface area contributed by atoms with Gasteiger partial charge in [-0.05, 0) is 35.7 Å². The van der Waals surface area contributed by atoms with Crippen LogP contribution in [0.5, 0.6) is 11.5 Å². The number of hydrogen-bond acceptors (Lipinski definition) is 6.